The Morgan fingerprint density at radius 3 is 2.00 bits per heavy atom. The van der Waals surface area contributed by atoms with Crippen molar-refractivity contribution in [2.75, 3.05) is 6.73 Å². The van der Waals surface area contributed by atoms with Crippen LogP contribution < -0.4 is 0 Å². The Labute approximate surface area is 56.5 Å². The molecule has 0 aromatic carbocycles. The summed E-state index contributed by atoms with van der Waals surface area (Å²) >= 11 is 0. The zero-order chi connectivity index (χ0) is 6.85. The van der Waals surface area contributed by atoms with Gasteiger partial charge >= 0.3 is 0 Å². The molecule has 2 nitrogen and oxygen atoms in total. The number of aliphatic hydroxyl groups is 1. The lowest BCUT2D eigenvalue weighted by atomic mass is 10.2. The van der Waals surface area contributed by atoms with Crippen molar-refractivity contribution in [3.05, 3.63) is 0 Å². The van der Waals surface area contributed by atoms with Crippen LogP contribution in [0.5, 0.6) is 0 Å². The second kappa shape index (κ2) is 2.67. The molecule has 1 aliphatic rings. The fourth-order valence-electron chi connectivity index (χ4n) is 1.53. The molecule has 0 radical (unpaired) electrons. The molecule has 9 heavy (non-hydrogen) atoms. The summed E-state index contributed by atoms with van der Waals surface area (Å²) in [5.74, 6) is 0. The van der Waals surface area contributed by atoms with Crippen LogP contribution >= 0.6 is 0 Å². The van der Waals surface area contributed by atoms with Crippen molar-refractivity contribution in [2.24, 2.45) is 0 Å². The van der Waals surface area contributed by atoms with E-state index in [0.29, 0.717) is 12.1 Å². The first kappa shape index (κ1) is 7.03. The molecule has 2 heteroatoms. The van der Waals surface area contributed by atoms with E-state index in [4.69, 9.17) is 5.11 Å². The first-order valence-corrected chi connectivity index (χ1v) is 3.62. The van der Waals surface area contributed by atoms with E-state index in [1.165, 1.54) is 12.8 Å². The predicted octanol–water partition coefficient (Wildman–Crippen LogP) is 0.809. The van der Waals surface area contributed by atoms with E-state index in [1.54, 1.807) is 0 Å². The Morgan fingerprint density at radius 2 is 1.78 bits per heavy atom. The average molecular weight is 129 g/mol. The molecule has 2 atom stereocenters. The van der Waals surface area contributed by atoms with Crippen molar-refractivity contribution in [3.8, 4) is 0 Å². The largest absolute Gasteiger partial charge is 0.381 e. The van der Waals surface area contributed by atoms with E-state index >= 15 is 0 Å². The molecule has 54 valence electrons. The minimum Gasteiger partial charge on any atom is -0.381 e. The third-order valence-electron chi connectivity index (χ3n) is 2.30. The second-order valence-electron chi connectivity index (χ2n) is 2.93. The predicted molar refractivity (Wildman–Crippen MR) is 37.1 cm³/mol. The van der Waals surface area contributed by atoms with Gasteiger partial charge in [-0.3, -0.25) is 4.90 Å². The van der Waals surface area contributed by atoms with E-state index in [-0.39, 0.29) is 6.73 Å². The molecule has 0 amide bonds. The molecule has 1 fully saturated rings. The van der Waals surface area contributed by atoms with Gasteiger partial charge in [-0.15, -0.1) is 0 Å². The van der Waals surface area contributed by atoms with Gasteiger partial charge < -0.3 is 5.11 Å². The minimum absolute atomic E-state index is 0.225. The lowest BCUT2D eigenvalue weighted by Gasteiger charge is -2.22. The standard InChI is InChI=1S/C7H15NO/c1-6-3-4-7(2)8(6)5-9/h6-7,9H,3-5H2,1-2H3. The van der Waals surface area contributed by atoms with Crippen molar-refractivity contribution in [1.82, 2.24) is 4.90 Å². The number of hydrogen-bond acceptors (Lipinski definition) is 2. The average Bonchev–Trinajstić information content (AvgIpc) is 2.12. The van der Waals surface area contributed by atoms with E-state index in [9.17, 15) is 0 Å². The molecular formula is C7H15NO. The topological polar surface area (TPSA) is 23.5 Å². The molecule has 0 saturated carbocycles. The third kappa shape index (κ3) is 1.25. The van der Waals surface area contributed by atoms with Gasteiger partial charge in [0.1, 0.15) is 0 Å². The van der Waals surface area contributed by atoms with Crippen molar-refractivity contribution >= 4 is 0 Å². The summed E-state index contributed by atoms with van der Waals surface area (Å²) in [5.41, 5.74) is 0. The molecular weight excluding hydrogens is 114 g/mol. The number of nitrogens with zero attached hydrogens (tertiary/aromatic N) is 1. The Morgan fingerprint density at radius 1 is 1.33 bits per heavy atom. The lowest BCUT2D eigenvalue weighted by Crippen LogP contribution is -2.33. The third-order valence-corrected chi connectivity index (χ3v) is 2.30. The van der Waals surface area contributed by atoms with Gasteiger partial charge in [0.15, 0.2) is 0 Å². The van der Waals surface area contributed by atoms with E-state index in [1.807, 2.05) is 0 Å². The number of rotatable bonds is 1. The molecule has 0 bridgehead atoms. The Hall–Kier alpha value is -0.0800. The summed E-state index contributed by atoms with van der Waals surface area (Å²) in [4.78, 5) is 2.12. The Balaban J connectivity index is 2.44. The minimum atomic E-state index is 0.225. The van der Waals surface area contributed by atoms with Crippen LogP contribution in [0.25, 0.3) is 0 Å². The van der Waals surface area contributed by atoms with Gasteiger partial charge in [0.05, 0.1) is 6.73 Å². The molecule has 1 rings (SSSR count). The van der Waals surface area contributed by atoms with Crippen LogP contribution in [-0.2, 0) is 0 Å². The molecule has 0 aromatic rings. The number of likely N-dealkylation sites (tertiary alicyclic amines) is 1. The monoisotopic (exact) mass is 129 g/mol. The zero-order valence-corrected chi connectivity index (χ0v) is 6.17. The lowest BCUT2D eigenvalue weighted by molar-refractivity contribution is 0.0744. The molecule has 0 spiro atoms. The fraction of sp³-hybridized carbons (Fsp3) is 1.00. The Kier molecular flexibility index (Phi) is 2.09. The van der Waals surface area contributed by atoms with E-state index in [2.05, 4.69) is 18.7 Å². The van der Waals surface area contributed by atoms with Crippen molar-refractivity contribution in [1.29, 1.82) is 0 Å². The molecule has 2 unspecified atom stereocenters. The second-order valence-corrected chi connectivity index (χ2v) is 2.93. The van der Waals surface area contributed by atoms with Gasteiger partial charge in [0.2, 0.25) is 0 Å². The molecule has 1 heterocycles. The van der Waals surface area contributed by atoms with Gasteiger partial charge in [-0.25, -0.2) is 0 Å². The number of hydrogen-bond donors (Lipinski definition) is 1. The number of aliphatic hydroxyl groups excluding tert-OH is 1. The summed E-state index contributed by atoms with van der Waals surface area (Å²) < 4.78 is 0. The van der Waals surface area contributed by atoms with Gasteiger partial charge in [-0.1, -0.05) is 0 Å². The van der Waals surface area contributed by atoms with Crippen molar-refractivity contribution < 1.29 is 5.11 Å². The first-order chi connectivity index (χ1) is 4.25. The maximum atomic E-state index is 8.83. The first-order valence-electron chi connectivity index (χ1n) is 3.62. The highest BCUT2D eigenvalue weighted by Crippen LogP contribution is 2.21. The van der Waals surface area contributed by atoms with Crippen LogP contribution in [0, 0.1) is 0 Å². The summed E-state index contributed by atoms with van der Waals surface area (Å²) in [7, 11) is 0. The van der Waals surface area contributed by atoms with Crippen LogP contribution in [0.15, 0.2) is 0 Å². The summed E-state index contributed by atoms with van der Waals surface area (Å²) in [6, 6.07) is 1.18. The fourth-order valence-corrected chi connectivity index (χ4v) is 1.53. The smallest absolute Gasteiger partial charge is 0.0961 e. The molecule has 0 aromatic heterocycles. The zero-order valence-electron chi connectivity index (χ0n) is 6.17. The van der Waals surface area contributed by atoms with E-state index < -0.39 is 0 Å². The summed E-state index contributed by atoms with van der Waals surface area (Å²) in [5, 5.41) is 8.83. The maximum absolute atomic E-state index is 8.83. The highest BCUT2D eigenvalue weighted by atomic mass is 16.3. The summed E-state index contributed by atoms with van der Waals surface area (Å²) in [6.45, 7) is 4.56. The van der Waals surface area contributed by atoms with Crippen molar-refractivity contribution in [3.63, 3.8) is 0 Å². The maximum Gasteiger partial charge on any atom is 0.0961 e. The van der Waals surface area contributed by atoms with Crippen LogP contribution in [-0.4, -0.2) is 28.8 Å². The normalized spacial score (nSPS) is 37.7. The molecule has 0 aliphatic carbocycles. The molecule has 1 N–H and O–H groups in total. The van der Waals surface area contributed by atoms with Crippen LogP contribution in [0.4, 0.5) is 0 Å². The van der Waals surface area contributed by atoms with Crippen LogP contribution in [0.1, 0.15) is 26.7 Å². The molecule has 1 aliphatic heterocycles. The van der Waals surface area contributed by atoms with Crippen molar-refractivity contribution in [2.45, 2.75) is 38.8 Å². The highest BCUT2D eigenvalue weighted by molar-refractivity contribution is 4.79. The van der Waals surface area contributed by atoms with Crippen LogP contribution in [0.3, 0.4) is 0 Å². The molecule has 1 saturated heterocycles. The summed E-state index contributed by atoms with van der Waals surface area (Å²) in [6.07, 6.45) is 2.48. The quantitative estimate of drug-likeness (QED) is 0.566. The Bertz CT molecular complexity index is 84.9. The van der Waals surface area contributed by atoms with Gasteiger partial charge in [-0.2, -0.15) is 0 Å². The highest BCUT2D eigenvalue weighted by Gasteiger charge is 2.25. The van der Waals surface area contributed by atoms with Gasteiger partial charge in [-0.05, 0) is 26.7 Å². The van der Waals surface area contributed by atoms with Gasteiger partial charge in [0, 0.05) is 12.1 Å². The van der Waals surface area contributed by atoms with Gasteiger partial charge in [0.25, 0.3) is 0 Å². The van der Waals surface area contributed by atoms with Crippen LogP contribution in [0.2, 0.25) is 0 Å². The van der Waals surface area contributed by atoms with E-state index in [0.717, 1.165) is 0 Å². The SMILES string of the molecule is CC1CCC(C)N1CO.